The van der Waals surface area contributed by atoms with Crippen molar-refractivity contribution in [2.45, 2.75) is 251 Å². The highest BCUT2D eigenvalue weighted by atomic mass is 16.6. The minimum Gasteiger partial charge on any atom is -0.457 e. The smallest absolute Gasteiger partial charge is 0.306 e. The number of aliphatic hydroxyl groups is 1. The molecule has 0 spiro atoms. The van der Waals surface area contributed by atoms with E-state index in [0.29, 0.717) is 19.6 Å². The summed E-state index contributed by atoms with van der Waals surface area (Å²) >= 11 is 0. The van der Waals surface area contributed by atoms with E-state index in [1.165, 1.54) is 186 Å². The predicted octanol–water partition coefficient (Wildman–Crippen LogP) is 15.1. The Balaban J connectivity index is 3.35. The lowest BCUT2D eigenvalue weighted by Gasteiger charge is -2.15. The number of unbranched alkanes of at least 4 members (excludes halogenated alkanes) is 31. The summed E-state index contributed by atoms with van der Waals surface area (Å²) in [4.78, 5) is 12.2. The van der Waals surface area contributed by atoms with Crippen molar-refractivity contribution in [3.63, 3.8) is 0 Å². The Morgan fingerprint density at radius 1 is 0.471 bits per heavy atom. The molecule has 0 aromatic carbocycles. The Labute approximate surface area is 319 Å². The molecule has 0 fully saturated rings. The highest BCUT2D eigenvalue weighted by molar-refractivity contribution is 5.69. The van der Waals surface area contributed by atoms with Crippen molar-refractivity contribution in [1.29, 1.82) is 0 Å². The van der Waals surface area contributed by atoms with E-state index in [4.69, 9.17) is 9.47 Å². The van der Waals surface area contributed by atoms with Crippen LogP contribution < -0.4 is 0 Å². The molecule has 1 N–H and O–H groups in total. The molecule has 0 aromatic rings. The lowest BCUT2D eigenvalue weighted by Crippen LogP contribution is -2.27. The van der Waals surface area contributed by atoms with Crippen LogP contribution in [0.3, 0.4) is 0 Å². The van der Waals surface area contributed by atoms with Gasteiger partial charge in [0.25, 0.3) is 0 Å². The van der Waals surface area contributed by atoms with Gasteiger partial charge in [0.1, 0.15) is 6.10 Å². The highest BCUT2D eigenvalue weighted by Gasteiger charge is 2.13. The van der Waals surface area contributed by atoms with Crippen LogP contribution in [0.5, 0.6) is 0 Å². The second kappa shape index (κ2) is 45.0. The molecule has 4 nitrogen and oxygen atoms in total. The third kappa shape index (κ3) is 43.2. The Bertz CT molecular complexity index is 717. The Hall–Kier alpha value is -1.13. The molecule has 0 aliphatic rings. The molecule has 51 heavy (non-hydrogen) atoms. The number of allylic oxidation sites excluding steroid dienone is 4. The van der Waals surface area contributed by atoms with Crippen LogP contribution in [0.15, 0.2) is 24.3 Å². The van der Waals surface area contributed by atoms with E-state index < -0.39 is 6.10 Å². The number of carbonyl (C=O) groups is 1. The van der Waals surface area contributed by atoms with Crippen LogP contribution in [0.1, 0.15) is 245 Å². The Kier molecular flexibility index (Phi) is 44.0. The number of esters is 1. The molecule has 0 saturated carbocycles. The maximum absolute atomic E-state index is 12.2. The van der Waals surface area contributed by atoms with Crippen LogP contribution >= 0.6 is 0 Å². The van der Waals surface area contributed by atoms with Gasteiger partial charge in [0.05, 0.1) is 13.2 Å². The number of aliphatic hydroxyl groups excluding tert-OH is 1. The molecule has 0 amide bonds. The minimum absolute atomic E-state index is 0.173. The van der Waals surface area contributed by atoms with Gasteiger partial charge in [-0.3, -0.25) is 4.79 Å². The predicted molar refractivity (Wildman–Crippen MR) is 224 cm³/mol. The fourth-order valence-corrected chi connectivity index (χ4v) is 6.82. The minimum atomic E-state index is -0.537. The summed E-state index contributed by atoms with van der Waals surface area (Å²) in [5.74, 6) is -0.211. The Morgan fingerprint density at radius 3 is 1.27 bits per heavy atom. The van der Waals surface area contributed by atoms with Gasteiger partial charge in [0.15, 0.2) is 0 Å². The van der Waals surface area contributed by atoms with Crippen molar-refractivity contribution in [2.24, 2.45) is 0 Å². The highest BCUT2D eigenvalue weighted by Crippen LogP contribution is 2.16. The van der Waals surface area contributed by atoms with Crippen molar-refractivity contribution in [3.8, 4) is 0 Å². The molecule has 0 aliphatic carbocycles. The molecule has 0 saturated heterocycles. The summed E-state index contributed by atoms with van der Waals surface area (Å²) in [6.45, 7) is 5.33. The monoisotopic (exact) mass is 719 g/mol. The van der Waals surface area contributed by atoms with Crippen LogP contribution in [0.2, 0.25) is 0 Å². The molecule has 0 radical (unpaired) electrons. The maximum Gasteiger partial charge on any atom is 0.306 e. The van der Waals surface area contributed by atoms with E-state index in [1.807, 2.05) is 0 Å². The van der Waals surface area contributed by atoms with E-state index in [0.717, 1.165) is 38.5 Å². The third-order valence-electron chi connectivity index (χ3n) is 10.3. The number of ether oxygens (including phenoxy) is 2. The van der Waals surface area contributed by atoms with Crippen LogP contribution in [0.25, 0.3) is 0 Å². The molecular weight excluding hydrogens is 629 g/mol. The lowest BCUT2D eigenvalue weighted by atomic mass is 10.0. The van der Waals surface area contributed by atoms with Gasteiger partial charge in [-0.25, -0.2) is 0 Å². The van der Waals surface area contributed by atoms with Gasteiger partial charge in [-0.1, -0.05) is 224 Å². The summed E-state index contributed by atoms with van der Waals surface area (Å²) < 4.78 is 11.2. The van der Waals surface area contributed by atoms with Crippen LogP contribution in [-0.4, -0.2) is 37.0 Å². The summed E-state index contributed by atoms with van der Waals surface area (Å²) in [6.07, 6.45) is 55.4. The summed E-state index contributed by atoms with van der Waals surface area (Å²) in [6, 6.07) is 0. The van der Waals surface area contributed by atoms with Gasteiger partial charge in [-0.05, 0) is 38.5 Å². The molecule has 4 heteroatoms. The van der Waals surface area contributed by atoms with Crippen molar-refractivity contribution in [2.75, 3.05) is 19.8 Å². The maximum atomic E-state index is 12.2. The zero-order chi connectivity index (χ0) is 37.0. The van der Waals surface area contributed by atoms with E-state index in [2.05, 4.69) is 38.2 Å². The molecule has 0 aliphatic heterocycles. The summed E-state index contributed by atoms with van der Waals surface area (Å²) in [5.41, 5.74) is 0. The van der Waals surface area contributed by atoms with Gasteiger partial charge in [0, 0.05) is 13.0 Å². The third-order valence-corrected chi connectivity index (χ3v) is 10.3. The van der Waals surface area contributed by atoms with Crippen LogP contribution in [-0.2, 0) is 14.3 Å². The van der Waals surface area contributed by atoms with Crippen LogP contribution in [0, 0.1) is 0 Å². The van der Waals surface area contributed by atoms with Gasteiger partial charge >= 0.3 is 5.97 Å². The van der Waals surface area contributed by atoms with Crippen molar-refractivity contribution < 1.29 is 19.4 Å². The molecule has 0 bridgehead atoms. The number of hydrogen-bond acceptors (Lipinski definition) is 4. The second-order valence-corrected chi connectivity index (χ2v) is 15.5. The molecule has 0 rings (SSSR count). The quantitative estimate of drug-likeness (QED) is 0.0387. The van der Waals surface area contributed by atoms with Gasteiger partial charge in [-0.2, -0.15) is 0 Å². The SMILES string of the molecule is CCCC/C=C\C/C=C\CCCCCCCC(=O)OC(CO)COCCCCCCCCCCCCCCCCCCCCCCCCCCC. The number of hydrogen-bond donors (Lipinski definition) is 1. The Morgan fingerprint density at radius 2 is 0.843 bits per heavy atom. The lowest BCUT2D eigenvalue weighted by molar-refractivity contribution is -0.154. The van der Waals surface area contributed by atoms with Crippen molar-refractivity contribution in [3.05, 3.63) is 24.3 Å². The number of carbonyl (C=O) groups excluding carboxylic acids is 1. The van der Waals surface area contributed by atoms with E-state index >= 15 is 0 Å². The molecule has 1 unspecified atom stereocenters. The molecular formula is C47H90O4. The van der Waals surface area contributed by atoms with Crippen molar-refractivity contribution in [1.82, 2.24) is 0 Å². The van der Waals surface area contributed by atoms with Crippen molar-refractivity contribution >= 4 is 5.97 Å². The summed E-state index contributed by atoms with van der Waals surface area (Å²) in [7, 11) is 0. The largest absolute Gasteiger partial charge is 0.457 e. The topological polar surface area (TPSA) is 55.8 Å². The fraction of sp³-hybridized carbons (Fsp3) is 0.894. The van der Waals surface area contributed by atoms with Crippen LogP contribution in [0.4, 0.5) is 0 Å². The standard InChI is InChI=1S/C47H90O4/c1-3-5-7-9-11-13-15-17-19-20-21-22-23-24-25-26-27-28-29-31-33-35-37-39-41-43-50-45-46(44-48)51-47(49)42-40-38-36-34-32-30-18-16-14-12-10-8-6-4-2/h10,12,16,18,46,48H,3-9,11,13-15,17,19-45H2,1-2H3/b12-10-,18-16-. The first-order valence-corrected chi connectivity index (χ1v) is 22.9. The average molecular weight is 719 g/mol. The van der Waals surface area contributed by atoms with Gasteiger partial charge in [-0.15, -0.1) is 0 Å². The second-order valence-electron chi connectivity index (χ2n) is 15.5. The molecule has 0 heterocycles. The molecule has 1 atom stereocenters. The fourth-order valence-electron chi connectivity index (χ4n) is 6.82. The molecule has 302 valence electrons. The molecule has 0 aromatic heterocycles. The normalized spacial score (nSPS) is 12.5. The zero-order valence-electron chi connectivity index (χ0n) is 34.6. The summed E-state index contributed by atoms with van der Waals surface area (Å²) in [5, 5.41) is 9.60. The van der Waals surface area contributed by atoms with E-state index in [9.17, 15) is 9.90 Å². The zero-order valence-corrected chi connectivity index (χ0v) is 34.6. The number of rotatable bonds is 43. The van der Waals surface area contributed by atoms with E-state index in [-0.39, 0.29) is 12.6 Å². The first-order chi connectivity index (χ1) is 25.2. The van der Waals surface area contributed by atoms with Gasteiger partial charge < -0.3 is 14.6 Å². The van der Waals surface area contributed by atoms with Gasteiger partial charge in [0.2, 0.25) is 0 Å². The first kappa shape index (κ1) is 49.9. The first-order valence-electron chi connectivity index (χ1n) is 22.9. The van der Waals surface area contributed by atoms with E-state index in [1.54, 1.807) is 0 Å². The average Bonchev–Trinajstić information content (AvgIpc) is 3.14.